The summed E-state index contributed by atoms with van der Waals surface area (Å²) in [7, 11) is 1.96. The van der Waals surface area contributed by atoms with Crippen molar-refractivity contribution in [2.45, 2.75) is 25.5 Å². The Kier molecular flexibility index (Phi) is 3.88. The maximum Gasteiger partial charge on any atom is 0.165 e. The van der Waals surface area contributed by atoms with Crippen LogP contribution in [0.3, 0.4) is 0 Å². The first-order valence-electron chi connectivity index (χ1n) is 7.05. The second-order valence-corrected chi connectivity index (χ2v) is 5.24. The van der Waals surface area contributed by atoms with Crippen LogP contribution < -0.4 is 10.1 Å². The molecule has 0 spiro atoms. The van der Waals surface area contributed by atoms with Crippen LogP contribution in [0.4, 0.5) is 8.78 Å². The Balaban J connectivity index is 1.73. The zero-order chi connectivity index (χ0) is 14.8. The predicted molar refractivity (Wildman–Crippen MR) is 77.3 cm³/mol. The molecule has 110 valence electrons. The monoisotopic (exact) mass is 289 g/mol. The van der Waals surface area contributed by atoms with Gasteiger partial charge in [0.1, 0.15) is 12.4 Å². The molecule has 2 nitrogen and oxygen atoms in total. The Morgan fingerprint density at radius 3 is 2.90 bits per heavy atom. The SMILES string of the molecule is CNC1CCc2cc(OCc3cccc(F)c3F)ccc21. The fourth-order valence-electron chi connectivity index (χ4n) is 2.80. The highest BCUT2D eigenvalue weighted by Crippen LogP contribution is 2.33. The molecule has 0 fully saturated rings. The Labute approximate surface area is 122 Å². The Bertz CT molecular complexity index is 657. The van der Waals surface area contributed by atoms with Crippen molar-refractivity contribution in [3.63, 3.8) is 0 Å². The lowest BCUT2D eigenvalue weighted by molar-refractivity contribution is 0.297. The second kappa shape index (κ2) is 5.82. The standard InChI is InChI=1S/C17H17F2NO/c1-20-16-8-5-11-9-13(6-7-14(11)16)21-10-12-3-2-4-15(18)17(12)19/h2-4,6-7,9,16,20H,5,8,10H2,1H3. The number of rotatable bonds is 4. The normalized spacial score (nSPS) is 16.8. The van der Waals surface area contributed by atoms with Crippen LogP contribution in [-0.2, 0) is 13.0 Å². The molecule has 0 amide bonds. The maximum atomic E-state index is 13.6. The van der Waals surface area contributed by atoms with E-state index in [-0.39, 0.29) is 12.2 Å². The lowest BCUT2D eigenvalue weighted by Crippen LogP contribution is -2.12. The van der Waals surface area contributed by atoms with Crippen molar-refractivity contribution in [2.75, 3.05) is 7.05 Å². The van der Waals surface area contributed by atoms with Gasteiger partial charge < -0.3 is 10.1 Å². The summed E-state index contributed by atoms with van der Waals surface area (Å²) in [5.74, 6) is -0.995. The first-order chi connectivity index (χ1) is 10.2. The number of nitrogens with one attached hydrogen (secondary N) is 1. The first-order valence-corrected chi connectivity index (χ1v) is 7.05. The Morgan fingerprint density at radius 2 is 2.10 bits per heavy atom. The number of aryl methyl sites for hydroxylation is 1. The molecule has 1 aliphatic rings. The van der Waals surface area contributed by atoms with E-state index in [0.29, 0.717) is 11.8 Å². The van der Waals surface area contributed by atoms with Gasteiger partial charge in [0.15, 0.2) is 11.6 Å². The van der Waals surface area contributed by atoms with Crippen LogP contribution >= 0.6 is 0 Å². The first kappa shape index (κ1) is 14.0. The molecular weight excluding hydrogens is 272 g/mol. The highest BCUT2D eigenvalue weighted by atomic mass is 19.2. The molecule has 0 saturated carbocycles. The van der Waals surface area contributed by atoms with Gasteiger partial charge in [0, 0.05) is 11.6 Å². The topological polar surface area (TPSA) is 21.3 Å². The van der Waals surface area contributed by atoms with Gasteiger partial charge in [-0.15, -0.1) is 0 Å². The highest BCUT2D eigenvalue weighted by molar-refractivity contribution is 5.40. The van der Waals surface area contributed by atoms with Crippen LogP contribution in [-0.4, -0.2) is 7.05 Å². The molecule has 0 aromatic heterocycles. The number of hydrogen-bond acceptors (Lipinski definition) is 2. The summed E-state index contributed by atoms with van der Waals surface area (Å²) in [6, 6.07) is 10.4. The molecule has 1 N–H and O–H groups in total. The average molecular weight is 289 g/mol. The minimum absolute atomic E-state index is 0.0256. The van der Waals surface area contributed by atoms with Crippen molar-refractivity contribution in [3.05, 3.63) is 64.7 Å². The molecular formula is C17H17F2NO. The molecule has 0 bridgehead atoms. The van der Waals surface area contributed by atoms with Crippen LogP contribution in [0.2, 0.25) is 0 Å². The summed E-state index contributed by atoms with van der Waals surface area (Å²) in [5, 5.41) is 3.28. The molecule has 1 aliphatic carbocycles. The molecule has 0 heterocycles. The van der Waals surface area contributed by atoms with Crippen molar-refractivity contribution in [1.82, 2.24) is 5.32 Å². The van der Waals surface area contributed by atoms with Gasteiger partial charge in [-0.25, -0.2) is 8.78 Å². The molecule has 1 atom stereocenters. The summed E-state index contributed by atoms with van der Waals surface area (Å²) >= 11 is 0. The van der Waals surface area contributed by atoms with Gasteiger partial charge in [-0.05, 0) is 49.2 Å². The van der Waals surface area contributed by atoms with E-state index in [1.165, 1.54) is 23.3 Å². The predicted octanol–water partition coefficient (Wildman–Crippen LogP) is 3.75. The summed E-state index contributed by atoms with van der Waals surface area (Å²) in [4.78, 5) is 0. The Morgan fingerprint density at radius 1 is 1.24 bits per heavy atom. The van der Waals surface area contributed by atoms with Crippen molar-refractivity contribution in [1.29, 1.82) is 0 Å². The van der Waals surface area contributed by atoms with Gasteiger partial charge in [0.05, 0.1) is 0 Å². The summed E-state index contributed by atoms with van der Waals surface area (Å²) in [5.41, 5.74) is 2.77. The molecule has 21 heavy (non-hydrogen) atoms. The smallest absolute Gasteiger partial charge is 0.165 e. The summed E-state index contributed by atoms with van der Waals surface area (Å²) in [6.45, 7) is 0.0256. The van der Waals surface area contributed by atoms with Gasteiger partial charge in [-0.3, -0.25) is 0 Å². The van der Waals surface area contributed by atoms with E-state index in [2.05, 4.69) is 5.32 Å². The van der Waals surface area contributed by atoms with E-state index in [0.717, 1.165) is 18.9 Å². The third-order valence-corrected chi connectivity index (χ3v) is 3.97. The van der Waals surface area contributed by atoms with Crippen molar-refractivity contribution in [2.24, 2.45) is 0 Å². The van der Waals surface area contributed by atoms with E-state index in [1.54, 1.807) is 0 Å². The van der Waals surface area contributed by atoms with Crippen molar-refractivity contribution < 1.29 is 13.5 Å². The fourth-order valence-corrected chi connectivity index (χ4v) is 2.80. The van der Waals surface area contributed by atoms with Gasteiger partial charge in [0.25, 0.3) is 0 Å². The van der Waals surface area contributed by atoms with Gasteiger partial charge in [-0.1, -0.05) is 18.2 Å². The summed E-state index contributed by atoms with van der Waals surface area (Å²) < 4.78 is 32.3. The zero-order valence-electron chi connectivity index (χ0n) is 11.8. The van der Waals surface area contributed by atoms with E-state index >= 15 is 0 Å². The molecule has 0 aliphatic heterocycles. The minimum Gasteiger partial charge on any atom is -0.489 e. The van der Waals surface area contributed by atoms with Crippen LogP contribution in [0, 0.1) is 11.6 Å². The number of fused-ring (bicyclic) bond motifs is 1. The zero-order valence-corrected chi connectivity index (χ0v) is 11.8. The quantitative estimate of drug-likeness (QED) is 0.925. The number of benzene rings is 2. The van der Waals surface area contributed by atoms with Crippen molar-refractivity contribution in [3.8, 4) is 5.75 Å². The molecule has 0 radical (unpaired) electrons. The van der Waals surface area contributed by atoms with Gasteiger partial charge in [-0.2, -0.15) is 0 Å². The van der Waals surface area contributed by atoms with Gasteiger partial charge in [0.2, 0.25) is 0 Å². The maximum absolute atomic E-state index is 13.6. The number of halogens is 2. The molecule has 3 rings (SSSR count). The van der Waals surface area contributed by atoms with Gasteiger partial charge >= 0.3 is 0 Å². The van der Waals surface area contributed by atoms with E-state index in [4.69, 9.17) is 4.74 Å². The Hall–Kier alpha value is -1.94. The molecule has 2 aromatic carbocycles. The van der Waals surface area contributed by atoms with Crippen LogP contribution in [0.1, 0.15) is 29.2 Å². The largest absolute Gasteiger partial charge is 0.489 e. The minimum atomic E-state index is -0.845. The lowest BCUT2D eigenvalue weighted by atomic mass is 10.1. The molecule has 4 heteroatoms. The number of hydrogen-bond donors (Lipinski definition) is 1. The summed E-state index contributed by atoms with van der Waals surface area (Å²) in [6.07, 6.45) is 2.08. The van der Waals surface area contributed by atoms with Crippen LogP contribution in [0.5, 0.6) is 5.75 Å². The van der Waals surface area contributed by atoms with Crippen molar-refractivity contribution >= 4 is 0 Å². The van der Waals surface area contributed by atoms with E-state index < -0.39 is 11.6 Å². The third kappa shape index (κ3) is 2.76. The third-order valence-electron chi connectivity index (χ3n) is 3.97. The molecule has 2 aromatic rings. The van der Waals surface area contributed by atoms with Crippen LogP contribution in [0.15, 0.2) is 36.4 Å². The average Bonchev–Trinajstić information content (AvgIpc) is 2.91. The molecule has 1 unspecified atom stereocenters. The fraction of sp³-hybridized carbons (Fsp3) is 0.294. The van der Waals surface area contributed by atoms with Crippen LogP contribution in [0.25, 0.3) is 0 Å². The van der Waals surface area contributed by atoms with E-state index in [9.17, 15) is 8.78 Å². The second-order valence-electron chi connectivity index (χ2n) is 5.24. The highest BCUT2D eigenvalue weighted by Gasteiger charge is 2.21. The lowest BCUT2D eigenvalue weighted by Gasteiger charge is -2.12. The molecule has 0 saturated heterocycles. The van der Waals surface area contributed by atoms with E-state index in [1.807, 2.05) is 25.2 Å². The number of ether oxygens (including phenoxy) is 1.